The van der Waals surface area contributed by atoms with E-state index in [1.54, 1.807) is 5.98 Å². The highest BCUT2D eigenvalue weighted by molar-refractivity contribution is 6.54. The van der Waals surface area contributed by atoms with Gasteiger partial charge in [0, 0.05) is 6.04 Å². The van der Waals surface area contributed by atoms with Crippen molar-refractivity contribution < 1.29 is 18.9 Å². The maximum atomic E-state index is 12.2. The van der Waals surface area contributed by atoms with E-state index in [4.69, 9.17) is 9.31 Å². The first kappa shape index (κ1) is 17.5. The molecule has 2 bridgehead atoms. The molecule has 0 aromatic rings. The Hall–Kier alpha value is -1.30. The third-order valence-electron chi connectivity index (χ3n) is 6.47. The lowest BCUT2D eigenvalue weighted by atomic mass is 9.44. The molecule has 3 aliphatic carbocycles. The number of hydrogen-bond donors (Lipinski definition) is 0. The molecule has 2 unspecified atom stereocenters. The van der Waals surface area contributed by atoms with Crippen LogP contribution in [-0.4, -0.2) is 43.1 Å². The minimum atomic E-state index is -0.886. The van der Waals surface area contributed by atoms with Gasteiger partial charge in [0.15, 0.2) is 0 Å². The number of fused-ring (bicyclic) bond motifs is 2. The van der Waals surface area contributed by atoms with E-state index < -0.39 is 7.12 Å². The van der Waals surface area contributed by atoms with Gasteiger partial charge in [0.1, 0.15) is 0 Å². The first-order chi connectivity index (χ1) is 11.3. The molecule has 3 saturated carbocycles. The van der Waals surface area contributed by atoms with Crippen LogP contribution < -0.4 is 0 Å². The average molecular weight is 333 g/mol. The standard InChI is InChI=1S/C18H28BNO4/c1-5-6-7-19-23-16(21)10-20(11-17(22)24-19)15-9-13-8-14(12(15)2)18(13,3)4/h6-7,12-15H,5,8-11H2,1-4H3/b7-6+/t12-,13?,14-,15?/m1/s1. The predicted molar refractivity (Wildman–Crippen MR) is 91.9 cm³/mol. The molecule has 4 atom stereocenters. The summed E-state index contributed by atoms with van der Waals surface area (Å²) in [4.78, 5) is 26.4. The van der Waals surface area contributed by atoms with E-state index in [1.165, 1.54) is 6.42 Å². The maximum Gasteiger partial charge on any atom is 0.628 e. The minimum absolute atomic E-state index is 0.167. The summed E-state index contributed by atoms with van der Waals surface area (Å²) < 4.78 is 10.6. The molecule has 0 spiro atoms. The molecule has 0 aromatic carbocycles. The zero-order chi connectivity index (χ0) is 17.5. The topological polar surface area (TPSA) is 55.8 Å². The van der Waals surface area contributed by atoms with E-state index in [2.05, 4.69) is 20.8 Å². The molecule has 132 valence electrons. The molecule has 0 radical (unpaired) electrons. The summed E-state index contributed by atoms with van der Waals surface area (Å²) in [5.41, 5.74) is 0.385. The molecule has 1 saturated heterocycles. The van der Waals surface area contributed by atoms with Gasteiger partial charge in [-0.05, 0) is 48.4 Å². The molecular formula is C18H28BNO4. The molecule has 1 heterocycles. The first-order valence-electron chi connectivity index (χ1n) is 9.12. The Morgan fingerprint density at radius 3 is 2.33 bits per heavy atom. The van der Waals surface area contributed by atoms with Crippen LogP contribution in [0.15, 0.2) is 12.1 Å². The van der Waals surface area contributed by atoms with Crippen LogP contribution in [0.1, 0.15) is 47.0 Å². The monoisotopic (exact) mass is 333 g/mol. The Balaban J connectivity index is 1.69. The number of nitrogens with zero attached hydrogens (tertiary/aromatic N) is 1. The largest absolute Gasteiger partial charge is 0.628 e. The van der Waals surface area contributed by atoms with E-state index in [9.17, 15) is 9.59 Å². The molecule has 0 amide bonds. The van der Waals surface area contributed by atoms with Crippen LogP contribution in [0.2, 0.25) is 0 Å². The third kappa shape index (κ3) is 3.13. The van der Waals surface area contributed by atoms with E-state index in [0.717, 1.165) is 12.8 Å². The number of carbonyl (C=O) groups excluding carboxylic acids is 2. The maximum absolute atomic E-state index is 12.2. The van der Waals surface area contributed by atoms with Gasteiger partial charge in [0.2, 0.25) is 0 Å². The number of hydrogen-bond acceptors (Lipinski definition) is 5. The van der Waals surface area contributed by atoms with Crippen LogP contribution in [0.5, 0.6) is 0 Å². The summed E-state index contributed by atoms with van der Waals surface area (Å²) in [6.07, 6.45) is 4.96. The van der Waals surface area contributed by atoms with Crippen LogP contribution >= 0.6 is 0 Å². The molecule has 24 heavy (non-hydrogen) atoms. The molecule has 0 N–H and O–H groups in total. The molecule has 4 aliphatic rings. The molecule has 4 rings (SSSR count). The van der Waals surface area contributed by atoms with Crippen molar-refractivity contribution in [1.82, 2.24) is 4.90 Å². The number of carbonyl (C=O) groups is 2. The molecule has 0 aromatic heterocycles. The van der Waals surface area contributed by atoms with Gasteiger partial charge in [-0.2, -0.15) is 0 Å². The zero-order valence-electron chi connectivity index (χ0n) is 15.2. The predicted octanol–water partition coefficient (Wildman–Crippen LogP) is 2.45. The highest BCUT2D eigenvalue weighted by atomic mass is 16.6. The molecule has 4 fully saturated rings. The summed E-state index contributed by atoms with van der Waals surface area (Å²) in [6.45, 7) is 9.26. The Bertz CT molecular complexity index is 527. The van der Waals surface area contributed by atoms with E-state index in [0.29, 0.717) is 23.2 Å². The lowest BCUT2D eigenvalue weighted by molar-refractivity contribution is -0.160. The summed E-state index contributed by atoms with van der Waals surface area (Å²) in [5.74, 6) is 2.81. The molecule has 1 aliphatic heterocycles. The van der Waals surface area contributed by atoms with Crippen LogP contribution in [0, 0.1) is 23.2 Å². The zero-order valence-corrected chi connectivity index (χ0v) is 15.2. The van der Waals surface area contributed by atoms with Crippen molar-refractivity contribution in [3.8, 4) is 0 Å². The Morgan fingerprint density at radius 1 is 1.21 bits per heavy atom. The van der Waals surface area contributed by atoms with E-state index in [-0.39, 0.29) is 31.1 Å². The fourth-order valence-electron chi connectivity index (χ4n) is 4.91. The molecule has 5 nitrogen and oxygen atoms in total. The summed E-state index contributed by atoms with van der Waals surface area (Å²) in [6, 6.07) is 0.254. The van der Waals surface area contributed by atoms with Crippen LogP contribution in [0.4, 0.5) is 0 Å². The van der Waals surface area contributed by atoms with Crippen LogP contribution in [0.3, 0.4) is 0 Å². The lowest BCUT2D eigenvalue weighted by Gasteiger charge is -2.63. The number of allylic oxidation sites excluding steroid dienone is 1. The van der Waals surface area contributed by atoms with Crippen molar-refractivity contribution in [3.63, 3.8) is 0 Å². The average Bonchev–Trinajstić information content (AvgIpc) is 2.49. The van der Waals surface area contributed by atoms with Gasteiger partial charge in [-0.15, -0.1) is 0 Å². The van der Waals surface area contributed by atoms with E-state index >= 15 is 0 Å². The van der Waals surface area contributed by atoms with Crippen molar-refractivity contribution >= 4 is 19.1 Å². The smallest absolute Gasteiger partial charge is 0.495 e. The minimum Gasteiger partial charge on any atom is -0.495 e. The van der Waals surface area contributed by atoms with Gasteiger partial charge in [-0.3, -0.25) is 14.5 Å². The SMILES string of the molecule is CC/C=C/B1OC(=O)CN(C2CC3C[C@H]([C@H]2C)C3(C)C)CC(=O)O1. The Kier molecular flexibility index (Phi) is 4.78. The first-order valence-corrected chi connectivity index (χ1v) is 9.12. The van der Waals surface area contributed by atoms with Gasteiger partial charge in [-0.1, -0.05) is 33.8 Å². The summed E-state index contributed by atoms with van der Waals surface area (Å²) >= 11 is 0. The molecule has 6 heteroatoms. The van der Waals surface area contributed by atoms with Crippen molar-refractivity contribution in [1.29, 1.82) is 0 Å². The fourth-order valence-corrected chi connectivity index (χ4v) is 4.91. The van der Waals surface area contributed by atoms with Gasteiger partial charge in [-0.25, -0.2) is 0 Å². The fraction of sp³-hybridized carbons (Fsp3) is 0.778. The van der Waals surface area contributed by atoms with Crippen LogP contribution in [0.25, 0.3) is 0 Å². The second-order valence-corrected chi connectivity index (χ2v) is 8.11. The normalized spacial score (nSPS) is 36.6. The Labute approximate surface area is 144 Å². The lowest BCUT2D eigenvalue weighted by Crippen LogP contribution is -2.62. The van der Waals surface area contributed by atoms with Crippen molar-refractivity contribution in [2.45, 2.75) is 53.0 Å². The van der Waals surface area contributed by atoms with Gasteiger partial charge in [0.25, 0.3) is 0 Å². The van der Waals surface area contributed by atoms with Crippen molar-refractivity contribution in [3.05, 3.63) is 12.1 Å². The highest BCUT2D eigenvalue weighted by Crippen LogP contribution is 2.61. The second-order valence-electron chi connectivity index (χ2n) is 8.11. The van der Waals surface area contributed by atoms with Crippen LogP contribution in [-0.2, 0) is 18.9 Å². The number of rotatable bonds is 3. The summed E-state index contributed by atoms with van der Waals surface area (Å²) in [7, 11) is -0.886. The Morgan fingerprint density at radius 2 is 1.83 bits per heavy atom. The second kappa shape index (κ2) is 6.55. The highest BCUT2D eigenvalue weighted by Gasteiger charge is 2.57. The van der Waals surface area contributed by atoms with Gasteiger partial charge >= 0.3 is 19.1 Å². The van der Waals surface area contributed by atoms with Crippen molar-refractivity contribution in [2.75, 3.05) is 13.1 Å². The molecular weight excluding hydrogens is 305 g/mol. The van der Waals surface area contributed by atoms with Gasteiger partial charge < -0.3 is 9.31 Å². The summed E-state index contributed by atoms with van der Waals surface area (Å²) in [5, 5.41) is 0. The van der Waals surface area contributed by atoms with E-state index in [1.807, 2.05) is 17.9 Å². The van der Waals surface area contributed by atoms with Crippen molar-refractivity contribution in [2.24, 2.45) is 23.2 Å². The quantitative estimate of drug-likeness (QED) is 0.743. The third-order valence-corrected chi connectivity index (χ3v) is 6.47. The van der Waals surface area contributed by atoms with Gasteiger partial charge in [0.05, 0.1) is 13.1 Å².